The van der Waals surface area contributed by atoms with Gasteiger partial charge in [-0.15, -0.1) is 6.58 Å². The second-order valence-electron chi connectivity index (χ2n) is 4.12. The third kappa shape index (κ3) is 6.49. The Morgan fingerprint density at radius 3 is 2.78 bits per heavy atom. The number of hydrogen-bond donors (Lipinski definition) is 0. The van der Waals surface area contributed by atoms with Crippen molar-refractivity contribution in [2.24, 2.45) is 5.92 Å². The quantitative estimate of drug-likeness (QED) is 0.391. The van der Waals surface area contributed by atoms with Crippen LogP contribution in [0.5, 0.6) is 0 Å². The molecule has 0 spiro atoms. The van der Waals surface area contributed by atoms with Gasteiger partial charge in [0, 0.05) is 17.7 Å². The highest BCUT2D eigenvalue weighted by Crippen LogP contribution is 2.11. The van der Waals surface area contributed by atoms with Crippen molar-refractivity contribution >= 4 is 11.6 Å². The Morgan fingerprint density at radius 1 is 1.33 bits per heavy atom. The van der Waals surface area contributed by atoms with Gasteiger partial charge >= 0.3 is 0 Å². The highest BCUT2D eigenvalue weighted by atomic mass is 35.5. The fourth-order valence-electron chi connectivity index (χ4n) is 1.67. The molecule has 18 heavy (non-hydrogen) atoms. The lowest BCUT2D eigenvalue weighted by Crippen LogP contribution is -2.09. The SMILES string of the molecule is C=CC(CCc1ccccc1)COCCC#CCl. The standard InChI is InChI=1S/C16H19ClO/c1-2-15(14-18-13-7-6-12-17)10-11-16-8-4-3-5-9-16/h2-5,8-9,15H,1,7,10-11,13-14H2. The van der Waals surface area contributed by atoms with Gasteiger partial charge in [-0.05, 0) is 30.0 Å². The summed E-state index contributed by atoms with van der Waals surface area (Å²) in [6.45, 7) is 5.20. The van der Waals surface area contributed by atoms with Crippen LogP contribution in [0.2, 0.25) is 0 Å². The molecule has 1 unspecified atom stereocenters. The Balaban J connectivity index is 2.20. The Bertz CT molecular complexity index is 389. The van der Waals surface area contributed by atoms with Crippen molar-refractivity contribution in [1.82, 2.24) is 0 Å². The van der Waals surface area contributed by atoms with Crippen LogP contribution in [0.3, 0.4) is 0 Å². The normalized spacial score (nSPS) is 11.4. The first kappa shape index (κ1) is 14.8. The third-order valence-electron chi connectivity index (χ3n) is 2.75. The van der Waals surface area contributed by atoms with Gasteiger partial charge in [0.2, 0.25) is 0 Å². The summed E-state index contributed by atoms with van der Waals surface area (Å²) < 4.78 is 5.54. The van der Waals surface area contributed by atoms with Gasteiger partial charge < -0.3 is 4.74 Å². The van der Waals surface area contributed by atoms with Crippen LogP contribution < -0.4 is 0 Å². The number of rotatable bonds is 8. The number of hydrogen-bond acceptors (Lipinski definition) is 1. The van der Waals surface area contributed by atoms with E-state index in [4.69, 9.17) is 16.3 Å². The van der Waals surface area contributed by atoms with E-state index in [0.717, 1.165) is 12.8 Å². The van der Waals surface area contributed by atoms with Gasteiger partial charge in [-0.25, -0.2) is 0 Å². The minimum absolute atomic E-state index is 0.397. The van der Waals surface area contributed by atoms with E-state index in [9.17, 15) is 0 Å². The van der Waals surface area contributed by atoms with E-state index in [-0.39, 0.29) is 0 Å². The predicted molar refractivity (Wildman–Crippen MR) is 77.5 cm³/mol. The van der Waals surface area contributed by atoms with Crippen molar-refractivity contribution in [2.45, 2.75) is 19.3 Å². The Labute approximate surface area is 115 Å². The maximum Gasteiger partial charge on any atom is 0.0576 e. The number of benzene rings is 1. The molecule has 1 rings (SSSR count). The molecule has 0 aliphatic rings. The minimum Gasteiger partial charge on any atom is -0.380 e. The molecule has 0 saturated heterocycles. The molecule has 0 bridgehead atoms. The Kier molecular flexibility index (Phi) is 8.04. The van der Waals surface area contributed by atoms with Crippen LogP contribution in [-0.2, 0) is 11.2 Å². The van der Waals surface area contributed by atoms with Gasteiger partial charge in [0.1, 0.15) is 0 Å². The molecule has 0 amide bonds. The zero-order valence-electron chi connectivity index (χ0n) is 10.6. The monoisotopic (exact) mass is 262 g/mol. The topological polar surface area (TPSA) is 9.23 Å². The van der Waals surface area contributed by atoms with Crippen molar-refractivity contribution < 1.29 is 4.74 Å². The van der Waals surface area contributed by atoms with E-state index in [0.29, 0.717) is 25.6 Å². The van der Waals surface area contributed by atoms with Crippen LogP contribution in [-0.4, -0.2) is 13.2 Å². The van der Waals surface area contributed by atoms with E-state index in [1.165, 1.54) is 5.56 Å². The lowest BCUT2D eigenvalue weighted by Gasteiger charge is -2.12. The minimum atomic E-state index is 0.397. The van der Waals surface area contributed by atoms with Crippen molar-refractivity contribution in [3.63, 3.8) is 0 Å². The van der Waals surface area contributed by atoms with Gasteiger partial charge in [0.15, 0.2) is 0 Å². The summed E-state index contributed by atoms with van der Waals surface area (Å²) >= 11 is 5.26. The number of ether oxygens (including phenoxy) is 1. The van der Waals surface area contributed by atoms with Crippen LogP contribution >= 0.6 is 11.6 Å². The van der Waals surface area contributed by atoms with Crippen molar-refractivity contribution in [3.8, 4) is 11.3 Å². The molecule has 96 valence electrons. The highest BCUT2D eigenvalue weighted by Gasteiger charge is 2.04. The molecule has 0 N–H and O–H groups in total. The fourth-order valence-corrected chi connectivity index (χ4v) is 1.77. The van der Waals surface area contributed by atoms with Gasteiger partial charge in [-0.3, -0.25) is 0 Å². The van der Waals surface area contributed by atoms with Crippen LogP contribution in [0.1, 0.15) is 18.4 Å². The summed E-state index contributed by atoms with van der Waals surface area (Å²) in [5, 5.41) is 2.34. The van der Waals surface area contributed by atoms with Gasteiger partial charge in [-0.1, -0.05) is 42.3 Å². The first-order chi connectivity index (χ1) is 8.86. The third-order valence-corrected chi connectivity index (χ3v) is 2.88. The van der Waals surface area contributed by atoms with Gasteiger partial charge in [0.25, 0.3) is 0 Å². The molecule has 1 aromatic carbocycles. The molecule has 1 atom stereocenters. The van der Waals surface area contributed by atoms with E-state index < -0.39 is 0 Å². The summed E-state index contributed by atoms with van der Waals surface area (Å²) in [6, 6.07) is 10.5. The zero-order valence-corrected chi connectivity index (χ0v) is 11.3. The molecule has 0 aliphatic carbocycles. The summed E-state index contributed by atoms with van der Waals surface area (Å²) in [4.78, 5) is 0. The van der Waals surface area contributed by atoms with E-state index in [2.05, 4.69) is 42.1 Å². The Morgan fingerprint density at radius 2 is 2.11 bits per heavy atom. The van der Waals surface area contributed by atoms with Crippen LogP contribution in [0.15, 0.2) is 43.0 Å². The summed E-state index contributed by atoms with van der Waals surface area (Å²) in [5.41, 5.74) is 1.36. The smallest absolute Gasteiger partial charge is 0.0576 e. The molecule has 1 nitrogen and oxygen atoms in total. The first-order valence-corrected chi connectivity index (χ1v) is 6.57. The van der Waals surface area contributed by atoms with Crippen molar-refractivity contribution in [2.75, 3.05) is 13.2 Å². The number of aryl methyl sites for hydroxylation is 1. The average Bonchev–Trinajstić information content (AvgIpc) is 2.43. The van der Waals surface area contributed by atoms with Crippen molar-refractivity contribution in [3.05, 3.63) is 48.6 Å². The maximum atomic E-state index is 5.54. The van der Waals surface area contributed by atoms with Gasteiger partial charge in [0.05, 0.1) is 13.2 Å². The molecule has 0 aromatic heterocycles. The van der Waals surface area contributed by atoms with Crippen LogP contribution in [0.4, 0.5) is 0 Å². The lowest BCUT2D eigenvalue weighted by molar-refractivity contribution is 0.115. The first-order valence-electron chi connectivity index (χ1n) is 6.19. The molecule has 1 aromatic rings. The van der Waals surface area contributed by atoms with E-state index in [1.54, 1.807) is 0 Å². The molecule has 0 radical (unpaired) electrons. The van der Waals surface area contributed by atoms with Gasteiger partial charge in [-0.2, -0.15) is 0 Å². The fraction of sp³-hybridized carbons (Fsp3) is 0.375. The van der Waals surface area contributed by atoms with E-state index >= 15 is 0 Å². The zero-order chi connectivity index (χ0) is 13.1. The second-order valence-corrected chi connectivity index (χ2v) is 4.31. The average molecular weight is 263 g/mol. The van der Waals surface area contributed by atoms with E-state index in [1.807, 2.05) is 12.1 Å². The van der Waals surface area contributed by atoms with Crippen molar-refractivity contribution in [1.29, 1.82) is 0 Å². The molecule has 0 fully saturated rings. The maximum absolute atomic E-state index is 5.54. The molecular weight excluding hydrogens is 244 g/mol. The molecule has 0 heterocycles. The van der Waals surface area contributed by atoms with Crippen LogP contribution in [0, 0.1) is 17.2 Å². The predicted octanol–water partition coefficient (Wildman–Crippen LogP) is 4.03. The second kappa shape index (κ2) is 9.76. The molecule has 0 saturated carbocycles. The van der Waals surface area contributed by atoms with Crippen LogP contribution in [0.25, 0.3) is 0 Å². The lowest BCUT2D eigenvalue weighted by atomic mass is 10.0. The summed E-state index contributed by atoms with van der Waals surface area (Å²) in [6.07, 6.45) is 4.78. The summed E-state index contributed by atoms with van der Waals surface area (Å²) in [7, 11) is 0. The largest absolute Gasteiger partial charge is 0.380 e. The Hall–Kier alpha value is -1.23. The molecular formula is C16H19ClO. The summed E-state index contributed by atoms with van der Waals surface area (Å²) in [5.74, 6) is 3.16. The molecule has 0 aliphatic heterocycles. The molecule has 2 heteroatoms. The highest BCUT2D eigenvalue weighted by molar-refractivity contribution is 6.30. The number of halogens is 1.